The van der Waals surface area contributed by atoms with Gasteiger partial charge in [-0.25, -0.2) is 4.68 Å². The number of ketones is 1. The van der Waals surface area contributed by atoms with Gasteiger partial charge in [-0.3, -0.25) is 14.3 Å². The molecule has 2 aromatic heterocycles. The molecule has 0 amide bonds. The predicted molar refractivity (Wildman–Crippen MR) is 119 cm³/mol. The van der Waals surface area contributed by atoms with Crippen molar-refractivity contribution in [2.75, 3.05) is 0 Å². The summed E-state index contributed by atoms with van der Waals surface area (Å²) in [5, 5.41) is 8.64. The average molecular weight is 412 g/mol. The third-order valence-corrected chi connectivity index (χ3v) is 5.14. The van der Waals surface area contributed by atoms with E-state index in [2.05, 4.69) is 10.2 Å². The Hall–Kier alpha value is -3.80. The van der Waals surface area contributed by atoms with Gasteiger partial charge >= 0.3 is 0 Å². The quantitative estimate of drug-likeness (QED) is 0.445. The van der Waals surface area contributed by atoms with E-state index in [0.717, 1.165) is 23.2 Å². The summed E-state index contributed by atoms with van der Waals surface area (Å²) in [7, 11) is 1.83. The molecule has 6 heteroatoms. The Morgan fingerprint density at radius 3 is 2.52 bits per heavy atom. The van der Waals surface area contributed by atoms with Crippen molar-refractivity contribution in [3.05, 3.63) is 112 Å². The molecule has 31 heavy (non-hydrogen) atoms. The van der Waals surface area contributed by atoms with Crippen LogP contribution in [-0.2, 0) is 31.1 Å². The zero-order valence-electron chi connectivity index (χ0n) is 17.4. The molecular formula is C25H24N4O2. The molecule has 0 aliphatic rings. The van der Waals surface area contributed by atoms with Gasteiger partial charge in [0.1, 0.15) is 17.2 Å². The first kappa shape index (κ1) is 20.5. The van der Waals surface area contributed by atoms with Gasteiger partial charge in [-0.1, -0.05) is 54.6 Å². The van der Waals surface area contributed by atoms with Gasteiger partial charge in [0.25, 0.3) is 0 Å². The maximum atomic E-state index is 12.4. The van der Waals surface area contributed by atoms with Crippen LogP contribution in [0.4, 0.5) is 0 Å². The van der Waals surface area contributed by atoms with Crippen molar-refractivity contribution >= 4 is 5.78 Å². The van der Waals surface area contributed by atoms with Crippen molar-refractivity contribution in [3.63, 3.8) is 0 Å². The molecule has 4 rings (SSSR count). The molecule has 0 atom stereocenters. The third-order valence-electron chi connectivity index (χ3n) is 5.14. The van der Waals surface area contributed by atoms with E-state index in [1.54, 1.807) is 21.8 Å². The van der Waals surface area contributed by atoms with E-state index < -0.39 is 0 Å². The van der Waals surface area contributed by atoms with Crippen LogP contribution < -0.4 is 5.43 Å². The molecule has 2 aromatic carbocycles. The van der Waals surface area contributed by atoms with Gasteiger partial charge in [0.2, 0.25) is 5.43 Å². The normalized spacial score (nSPS) is 10.9. The van der Waals surface area contributed by atoms with Gasteiger partial charge in [0.05, 0.1) is 12.4 Å². The van der Waals surface area contributed by atoms with Crippen LogP contribution in [0.15, 0.2) is 84.0 Å². The van der Waals surface area contributed by atoms with Gasteiger partial charge in [0.15, 0.2) is 0 Å². The number of rotatable bonds is 8. The zero-order valence-corrected chi connectivity index (χ0v) is 17.4. The highest BCUT2D eigenvalue weighted by Gasteiger charge is 2.09. The van der Waals surface area contributed by atoms with Crippen LogP contribution in [0.25, 0.3) is 5.69 Å². The predicted octanol–water partition coefficient (Wildman–Crippen LogP) is 3.30. The van der Waals surface area contributed by atoms with Crippen LogP contribution in [0.3, 0.4) is 0 Å². The molecule has 0 saturated heterocycles. The largest absolute Gasteiger partial charge is 0.299 e. The summed E-state index contributed by atoms with van der Waals surface area (Å²) in [6, 6.07) is 19.4. The Morgan fingerprint density at radius 1 is 0.968 bits per heavy atom. The lowest BCUT2D eigenvalue weighted by molar-refractivity contribution is -0.118. The van der Waals surface area contributed by atoms with E-state index in [9.17, 15) is 9.59 Å². The summed E-state index contributed by atoms with van der Waals surface area (Å²) in [6.07, 6.45) is 7.25. The Bertz CT molecular complexity index is 1240. The minimum atomic E-state index is -0.107. The number of aromatic nitrogens is 4. The van der Waals surface area contributed by atoms with Crippen molar-refractivity contribution in [1.82, 2.24) is 19.6 Å². The van der Waals surface area contributed by atoms with E-state index >= 15 is 0 Å². The second kappa shape index (κ2) is 9.34. The van der Waals surface area contributed by atoms with E-state index in [1.807, 2.05) is 67.8 Å². The second-order valence-corrected chi connectivity index (χ2v) is 7.64. The highest BCUT2D eigenvalue weighted by atomic mass is 16.1. The van der Waals surface area contributed by atoms with Crippen molar-refractivity contribution in [3.8, 4) is 5.69 Å². The Labute approximate surface area is 180 Å². The molecule has 0 N–H and O–H groups in total. The molecule has 4 aromatic rings. The maximum absolute atomic E-state index is 12.4. The number of hydrogen-bond donors (Lipinski definition) is 0. The minimum Gasteiger partial charge on any atom is -0.299 e. The molecule has 6 nitrogen and oxygen atoms in total. The Balaban J connectivity index is 1.44. The molecule has 0 aliphatic carbocycles. The lowest BCUT2D eigenvalue weighted by Gasteiger charge is -2.07. The third kappa shape index (κ3) is 5.42. The average Bonchev–Trinajstić information content (AvgIpc) is 3.21. The van der Waals surface area contributed by atoms with Crippen molar-refractivity contribution in [2.24, 2.45) is 7.05 Å². The number of benzene rings is 2. The second-order valence-electron chi connectivity index (χ2n) is 7.64. The van der Waals surface area contributed by atoms with Crippen LogP contribution in [0.5, 0.6) is 0 Å². The zero-order chi connectivity index (χ0) is 21.6. The number of carbonyl (C=O) groups excluding carboxylic acids is 1. The standard InChI is InChI=1S/C25H24N4O2/c1-28-18-22(17-26-28)29-13-12-25(31)24(27-29)16-21-9-5-8-20(14-21)15-23(30)11-10-19-6-3-2-4-7-19/h2-9,12-14,17-18H,10-11,15-16H2,1H3. The summed E-state index contributed by atoms with van der Waals surface area (Å²) in [4.78, 5) is 24.8. The first-order valence-corrected chi connectivity index (χ1v) is 10.3. The molecule has 0 spiro atoms. The number of hydrogen-bond acceptors (Lipinski definition) is 4. The van der Waals surface area contributed by atoms with Crippen molar-refractivity contribution in [1.29, 1.82) is 0 Å². The van der Waals surface area contributed by atoms with E-state index in [4.69, 9.17) is 0 Å². The van der Waals surface area contributed by atoms with Crippen LogP contribution in [-0.4, -0.2) is 25.3 Å². The maximum Gasteiger partial charge on any atom is 0.203 e. The Morgan fingerprint density at radius 2 is 1.74 bits per heavy atom. The SMILES string of the molecule is Cn1cc(-n2ccc(=O)c(Cc3cccc(CC(=O)CCc4ccccc4)c3)n2)cn1. The van der Waals surface area contributed by atoms with Crippen LogP contribution >= 0.6 is 0 Å². The first-order valence-electron chi connectivity index (χ1n) is 10.3. The number of nitrogens with zero attached hydrogens (tertiary/aromatic N) is 4. The fraction of sp³-hybridized carbons (Fsp3) is 0.200. The molecule has 2 heterocycles. The van der Waals surface area contributed by atoms with Crippen molar-refractivity contribution < 1.29 is 4.79 Å². The summed E-state index contributed by atoms with van der Waals surface area (Å²) in [5.74, 6) is 0.206. The summed E-state index contributed by atoms with van der Waals surface area (Å²) >= 11 is 0. The fourth-order valence-corrected chi connectivity index (χ4v) is 3.53. The molecule has 0 fully saturated rings. The van der Waals surface area contributed by atoms with Crippen LogP contribution in [0, 0.1) is 0 Å². The van der Waals surface area contributed by atoms with Gasteiger partial charge in [-0.05, 0) is 23.1 Å². The number of carbonyl (C=O) groups is 1. The minimum absolute atomic E-state index is 0.107. The lowest BCUT2D eigenvalue weighted by atomic mass is 10.00. The van der Waals surface area contributed by atoms with Crippen molar-refractivity contribution in [2.45, 2.75) is 25.7 Å². The van der Waals surface area contributed by atoms with Crippen LogP contribution in [0.1, 0.15) is 28.8 Å². The molecule has 0 unspecified atom stereocenters. The van der Waals surface area contributed by atoms with Gasteiger partial charge in [-0.15, -0.1) is 0 Å². The molecule has 0 bridgehead atoms. The van der Waals surface area contributed by atoms with Crippen LogP contribution in [0.2, 0.25) is 0 Å². The topological polar surface area (TPSA) is 69.8 Å². The summed E-state index contributed by atoms with van der Waals surface area (Å²) in [6.45, 7) is 0. The smallest absolute Gasteiger partial charge is 0.203 e. The molecule has 0 radical (unpaired) electrons. The number of aryl methyl sites for hydroxylation is 2. The summed E-state index contributed by atoms with van der Waals surface area (Å²) < 4.78 is 3.34. The van der Waals surface area contributed by atoms with Gasteiger partial charge in [0, 0.05) is 38.6 Å². The van der Waals surface area contributed by atoms with Gasteiger partial charge in [-0.2, -0.15) is 10.2 Å². The molecule has 156 valence electrons. The van der Waals surface area contributed by atoms with E-state index in [-0.39, 0.29) is 11.2 Å². The fourth-order valence-electron chi connectivity index (χ4n) is 3.53. The highest BCUT2D eigenvalue weighted by molar-refractivity contribution is 5.81. The molecule has 0 saturated carbocycles. The van der Waals surface area contributed by atoms with Gasteiger partial charge < -0.3 is 0 Å². The van der Waals surface area contributed by atoms with E-state index in [1.165, 1.54) is 11.6 Å². The highest BCUT2D eigenvalue weighted by Crippen LogP contribution is 2.12. The molecule has 0 aliphatic heterocycles. The lowest BCUT2D eigenvalue weighted by Crippen LogP contribution is -2.16. The first-order chi connectivity index (χ1) is 15.1. The molecular weight excluding hydrogens is 388 g/mol. The monoisotopic (exact) mass is 412 g/mol. The Kier molecular flexibility index (Phi) is 6.17. The number of Topliss-reactive ketones (excluding diaryl/α,β-unsaturated/α-hetero) is 1. The van der Waals surface area contributed by atoms with E-state index in [0.29, 0.717) is 25.0 Å². The summed E-state index contributed by atoms with van der Waals surface area (Å²) in [5.41, 5.74) is 4.23.